The fraction of sp³-hybridized carbons (Fsp3) is 0.833. The van der Waals surface area contributed by atoms with Gasteiger partial charge < -0.3 is 0 Å². The molecule has 0 bridgehead atoms. The molecule has 1 heteroatoms. The molecule has 0 saturated carbocycles. The first-order valence-electron chi connectivity index (χ1n) is 8.59. The highest BCUT2D eigenvalue weighted by molar-refractivity contribution is 5.89. The Bertz CT molecular complexity index is 242. The molecular weight excluding hydrogens is 232 g/mol. The molecule has 0 heterocycles. The number of allylic oxidation sites excluding steroid dienone is 2. The molecule has 0 aromatic heterocycles. The summed E-state index contributed by atoms with van der Waals surface area (Å²) in [5.41, 5.74) is 0. The lowest BCUT2D eigenvalue weighted by Crippen LogP contribution is -1.92. The molecule has 0 saturated heterocycles. The predicted octanol–water partition coefficient (Wildman–Crippen LogP) is 5.98. The molecule has 0 aromatic rings. The van der Waals surface area contributed by atoms with E-state index in [4.69, 9.17) is 0 Å². The van der Waals surface area contributed by atoms with Gasteiger partial charge in [0.15, 0.2) is 5.78 Å². The van der Waals surface area contributed by atoms with E-state index in [1.54, 1.807) is 0 Å². The van der Waals surface area contributed by atoms with Crippen molar-refractivity contribution in [2.24, 2.45) is 0 Å². The summed E-state index contributed by atoms with van der Waals surface area (Å²) in [5.74, 6) is 0.334. The second kappa shape index (κ2) is 12.4. The van der Waals surface area contributed by atoms with Crippen LogP contribution in [0.1, 0.15) is 96.3 Å². The zero-order valence-corrected chi connectivity index (χ0v) is 12.7. The van der Waals surface area contributed by atoms with Crippen LogP contribution in [0.4, 0.5) is 0 Å². The summed E-state index contributed by atoms with van der Waals surface area (Å²) in [6.07, 6.45) is 23.2. The van der Waals surface area contributed by atoms with Crippen molar-refractivity contribution < 1.29 is 4.79 Å². The topological polar surface area (TPSA) is 17.1 Å². The van der Waals surface area contributed by atoms with Gasteiger partial charge in [-0.2, -0.15) is 0 Å². The van der Waals surface area contributed by atoms with Crippen molar-refractivity contribution in [3.63, 3.8) is 0 Å². The highest BCUT2D eigenvalue weighted by Crippen LogP contribution is 2.14. The van der Waals surface area contributed by atoms with E-state index < -0.39 is 0 Å². The van der Waals surface area contributed by atoms with Crippen molar-refractivity contribution in [3.05, 3.63) is 12.2 Å². The minimum atomic E-state index is 0.334. The summed E-state index contributed by atoms with van der Waals surface area (Å²) in [7, 11) is 0. The van der Waals surface area contributed by atoms with Crippen LogP contribution < -0.4 is 0 Å². The van der Waals surface area contributed by atoms with Gasteiger partial charge in [0, 0.05) is 6.42 Å². The van der Waals surface area contributed by atoms with Crippen molar-refractivity contribution in [2.45, 2.75) is 96.3 Å². The standard InChI is InChI=1S/C18H32O/c19-18-16-14-12-10-8-6-4-2-1-3-5-7-9-11-13-15-17-18/h14,16H,1-13,15,17H2/b16-14-. The molecule has 0 atom stereocenters. The van der Waals surface area contributed by atoms with Crippen LogP contribution in [0.3, 0.4) is 0 Å². The molecule has 0 N–H and O–H groups in total. The van der Waals surface area contributed by atoms with Gasteiger partial charge in [0.2, 0.25) is 0 Å². The van der Waals surface area contributed by atoms with Gasteiger partial charge in [0.05, 0.1) is 0 Å². The molecule has 19 heavy (non-hydrogen) atoms. The lowest BCUT2D eigenvalue weighted by Gasteiger charge is -2.03. The normalized spacial score (nSPS) is 24.3. The van der Waals surface area contributed by atoms with E-state index in [-0.39, 0.29) is 0 Å². The monoisotopic (exact) mass is 264 g/mol. The van der Waals surface area contributed by atoms with Crippen LogP contribution in [0.15, 0.2) is 12.2 Å². The van der Waals surface area contributed by atoms with Crippen LogP contribution in [0, 0.1) is 0 Å². The van der Waals surface area contributed by atoms with E-state index in [2.05, 4.69) is 6.08 Å². The summed E-state index contributed by atoms with van der Waals surface area (Å²) >= 11 is 0. The third kappa shape index (κ3) is 11.0. The summed E-state index contributed by atoms with van der Waals surface area (Å²) in [5, 5.41) is 0. The lowest BCUT2D eigenvalue weighted by molar-refractivity contribution is -0.114. The van der Waals surface area contributed by atoms with Crippen molar-refractivity contribution in [2.75, 3.05) is 0 Å². The average molecular weight is 264 g/mol. The van der Waals surface area contributed by atoms with E-state index in [0.29, 0.717) is 5.78 Å². The van der Waals surface area contributed by atoms with Crippen LogP contribution in [0.25, 0.3) is 0 Å². The van der Waals surface area contributed by atoms with Crippen molar-refractivity contribution >= 4 is 5.78 Å². The van der Waals surface area contributed by atoms with Crippen LogP contribution in [-0.4, -0.2) is 5.78 Å². The van der Waals surface area contributed by atoms with Gasteiger partial charge in [0.1, 0.15) is 0 Å². The number of carbonyl (C=O) groups is 1. The largest absolute Gasteiger partial charge is 0.295 e. The third-order valence-electron chi connectivity index (χ3n) is 4.10. The van der Waals surface area contributed by atoms with Gasteiger partial charge >= 0.3 is 0 Å². The van der Waals surface area contributed by atoms with E-state index >= 15 is 0 Å². The summed E-state index contributed by atoms with van der Waals surface area (Å²) in [4.78, 5) is 11.6. The molecule has 0 radical (unpaired) electrons. The fourth-order valence-electron chi connectivity index (χ4n) is 2.80. The summed E-state index contributed by atoms with van der Waals surface area (Å²) in [6, 6.07) is 0. The Kier molecular flexibility index (Phi) is 10.8. The van der Waals surface area contributed by atoms with Crippen LogP contribution in [0.5, 0.6) is 0 Å². The molecule has 110 valence electrons. The van der Waals surface area contributed by atoms with E-state index in [1.165, 1.54) is 77.0 Å². The molecule has 1 aliphatic rings. The van der Waals surface area contributed by atoms with Gasteiger partial charge in [0.25, 0.3) is 0 Å². The maximum atomic E-state index is 11.6. The number of hydrogen-bond donors (Lipinski definition) is 0. The molecule has 0 spiro atoms. The number of ketones is 1. The Balaban J connectivity index is 2.17. The van der Waals surface area contributed by atoms with Gasteiger partial charge in [-0.05, 0) is 25.3 Å². The first-order valence-corrected chi connectivity index (χ1v) is 8.59. The number of hydrogen-bond acceptors (Lipinski definition) is 1. The zero-order valence-electron chi connectivity index (χ0n) is 12.7. The third-order valence-corrected chi connectivity index (χ3v) is 4.10. The molecule has 1 nitrogen and oxygen atoms in total. The Labute approximate surface area is 119 Å². The molecule has 0 unspecified atom stereocenters. The Hall–Kier alpha value is -0.590. The number of rotatable bonds is 0. The quantitative estimate of drug-likeness (QED) is 0.526. The maximum absolute atomic E-state index is 11.6. The van der Waals surface area contributed by atoms with Gasteiger partial charge in [-0.3, -0.25) is 4.79 Å². The summed E-state index contributed by atoms with van der Waals surface area (Å²) < 4.78 is 0. The average Bonchev–Trinajstić information content (AvgIpc) is 2.41. The van der Waals surface area contributed by atoms with Crippen LogP contribution in [0.2, 0.25) is 0 Å². The molecule has 1 aliphatic carbocycles. The van der Waals surface area contributed by atoms with E-state index in [9.17, 15) is 4.79 Å². The molecule has 0 aromatic carbocycles. The highest BCUT2D eigenvalue weighted by atomic mass is 16.1. The Morgan fingerprint density at radius 3 is 1.53 bits per heavy atom. The first-order chi connectivity index (χ1) is 9.39. The second-order valence-corrected chi connectivity index (χ2v) is 6.00. The number of carbonyl (C=O) groups excluding carboxylic acids is 1. The molecule has 1 rings (SSSR count). The predicted molar refractivity (Wildman–Crippen MR) is 83.4 cm³/mol. The SMILES string of the molecule is O=C1/C=C\CCCCCCCCCCCCCCC1. The molecule has 0 aliphatic heterocycles. The minimum absolute atomic E-state index is 0.334. The summed E-state index contributed by atoms with van der Waals surface area (Å²) in [6.45, 7) is 0. The molecule has 0 fully saturated rings. The first kappa shape index (κ1) is 16.5. The van der Waals surface area contributed by atoms with Crippen molar-refractivity contribution in [1.82, 2.24) is 0 Å². The van der Waals surface area contributed by atoms with E-state index in [0.717, 1.165) is 19.3 Å². The maximum Gasteiger partial charge on any atom is 0.155 e. The highest BCUT2D eigenvalue weighted by Gasteiger charge is 1.98. The fourth-order valence-corrected chi connectivity index (χ4v) is 2.80. The van der Waals surface area contributed by atoms with Gasteiger partial charge in [-0.15, -0.1) is 0 Å². The second-order valence-electron chi connectivity index (χ2n) is 6.00. The van der Waals surface area contributed by atoms with Crippen LogP contribution in [-0.2, 0) is 4.79 Å². The minimum Gasteiger partial charge on any atom is -0.295 e. The van der Waals surface area contributed by atoms with Gasteiger partial charge in [-0.1, -0.05) is 76.7 Å². The molecular formula is C18H32O. The zero-order chi connectivity index (χ0) is 13.6. The molecule has 0 amide bonds. The van der Waals surface area contributed by atoms with Gasteiger partial charge in [-0.25, -0.2) is 0 Å². The lowest BCUT2D eigenvalue weighted by atomic mass is 10.0. The smallest absolute Gasteiger partial charge is 0.155 e. The van der Waals surface area contributed by atoms with Crippen molar-refractivity contribution in [3.8, 4) is 0 Å². The Morgan fingerprint density at radius 1 is 0.579 bits per heavy atom. The van der Waals surface area contributed by atoms with E-state index in [1.807, 2.05) is 6.08 Å². The van der Waals surface area contributed by atoms with Crippen LogP contribution >= 0.6 is 0 Å². The van der Waals surface area contributed by atoms with Crippen molar-refractivity contribution in [1.29, 1.82) is 0 Å². The Morgan fingerprint density at radius 2 is 1.00 bits per heavy atom.